The van der Waals surface area contributed by atoms with Crippen LogP contribution in [0, 0.1) is 5.82 Å². The summed E-state index contributed by atoms with van der Waals surface area (Å²) >= 11 is 1.30. The summed E-state index contributed by atoms with van der Waals surface area (Å²) in [6.45, 7) is 3.12. The quantitative estimate of drug-likeness (QED) is 0.723. The first-order valence-electron chi connectivity index (χ1n) is 8.54. The number of benzene rings is 1. The van der Waals surface area contributed by atoms with Gasteiger partial charge in [-0.3, -0.25) is 14.7 Å². The first kappa shape index (κ1) is 17.6. The van der Waals surface area contributed by atoms with Gasteiger partial charge in [-0.25, -0.2) is 4.39 Å². The van der Waals surface area contributed by atoms with Crippen molar-refractivity contribution in [2.45, 2.75) is 0 Å². The van der Waals surface area contributed by atoms with Crippen LogP contribution in [0.4, 0.5) is 10.2 Å². The zero-order valence-electron chi connectivity index (χ0n) is 14.7. The van der Waals surface area contributed by atoms with Crippen LogP contribution in [0.15, 0.2) is 30.3 Å². The molecule has 1 saturated heterocycles. The molecule has 1 fully saturated rings. The van der Waals surface area contributed by atoms with Crippen molar-refractivity contribution in [2.24, 2.45) is 0 Å². The van der Waals surface area contributed by atoms with Gasteiger partial charge in [-0.05, 0) is 37.4 Å². The van der Waals surface area contributed by atoms with Gasteiger partial charge in [0.15, 0.2) is 5.82 Å². The molecule has 3 aromatic rings. The minimum Gasteiger partial charge on any atom is -0.335 e. The minimum atomic E-state index is -0.404. The van der Waals surface area contributed by atoms with E-state index < -0.39 is 5.82 Å². The molecular weight excluding hydrogens is 369 g/mol. The number of hydrogen-bond donors (Lipinski definition) is 2. The number of hydrogen-bond acceptors (Lipinski definition) is 5. The molecule has 2 amide bonds. The van der Waals surface area contributed by atoms with Crippen molar-refractivity contribution in [2.75, 3.05) is 38.5 Å². The maximum absolute atomic E-state index is 13.0. The predicted octanol–water partition coefficient (Wildman–Crippen LogP) is 2.40. The summed E-state index contributed by atoms with van der Waals surface area (Å²) in [6, 6.07) is 7.04. The Labute approximate surface area is 158 Å². The van der Waals surface area contributed by atoms with E-state index in [9.17, 15) is 14.0 Å². The summed E-state index contributed by atoms with van der Waals surface area (Å²) in [7, 11) is 2.04. The second-order valence-corrected chi connectivity index (χ2v) is 7.53. The van der Waals surface area contributed by atoms with Crippen molar-refractivity contribution < 1.29 is 14.0 Å². The topological polar surface area (TPSA) is 81.3 Å². The Morgan fingerprint density at radius 3 is 2.59 bits per heavy atom. The number of carbonyl (C=O) groups excluding carboxylic acids is 2. The molecule has 0 unspecified atom stereocenters. The zero-order chi connectivity index (χ0) is 19.0. The molecule has 0 radical (unpaired) electrons. The van der Waals surface area contributed by atoms with Crippen molar-refractivity contribution in [3.63, 3.8) is 0 Å². The lowest BCUT2D eigenvalue weighted by Gasteiger charge is -2.32. The third kappa shape index (κ3) is 3.56. The molecule has 0 bridgehead atoms. The van der Waals surface area contributed by atoms with E-state index in [1.54, 1.807) is 6.07 Å². The number of anilines is 1. The second-order valence-electron chi connectivity index (χ2n) is 6.48. The molecule has 2 aromatic heterocycles. The van der Waals surface area contributed by atoms with Gasteiger partial charge in [0.1, 0.15) is 5.82 Å². The Morgan fingerprint density at radius 1 is 1.19 bits per heavy atom. The van der Waals surface area contributed by atoms with Gasteiger partial charge in [0.2, 0.25) is 0 Å². The number of amides is 2. The van der Waals surface area contributed by atoms with Crippen LogP contribution in [0.25, 0.3) is 10.2 Å². The van der Waals surface area contributed by atoms with Gasteiger partial charge in [0.25, 0.3) is 11.8 Å². The van der Waals surface area contributed by atoms with Crippen LogP contribution in [0.5, 0.6) is 0 Å². The molecule has 140 valence electrons. The molecule has 0 saturated carbocycles. The number of H-pyrrole nitrogens is 1. The summed E-state index contributed by atoms with van der Waals surface area (Å²) < 4.78 is 13.7. The van der Waals surface area contributed by atoms with Crippen LogP contribution in [-0.2, 0) is 0 Å². The maximum atomic E-state index is 13.0. The van der Waals surface area contributed by atoms with Crippen LogP contribution >= 0.6 is 11.3 Å². The number of halogens is 1. The number of likely N-dealkylation sites (N-methyl/N-ethyl adjacent to an activating group) is 1. The average molecular weight is 387 g/mol. The van der Waals surface area contributed by atoms with Crippen LogP contribution in [0.1, 0.15) is 20.0 Å². The van der Waals surface area contributed by atoms with Gasteiger partial charge >= 0.3 is 0 Å². The van der Waals surface area contributed by atoms with Crippen LogP contribution in [-0.4, -0.2) is 65.0 Å². The number of nitrogens with one attached hydrogen (secondary N) is 2. The van der Waals surface area contributed by atoms with Gasteiger partial charge < -0.3 is 15.1 Å². The number of aromatic nitrogens is 2. The summed E-state index contributed by atoms with van der Waals surface area (Å²) in [5.74, 6) is -0.432. The summed E-state index contributed by atoms with van der Waals surface area (Å²) in [6.07, 6.45) is 0. The van der Waals surface area contributed by atoms with Gasteiger partial charge in [0, 0.05) is 31.7 Å². The SMILES string of the molecule is CN1CCN(C(=O)c2cc3[nH]nc(NC(=O)c4ccc(F)cc4)c3s2)CC1. The fourth-order valence-electron chi connectivity index (χ4n) is 2.95. The molecule has 7 nitrogen and oxygen atoms in total. The lowest BCUT2D eigenvalue weighted by molar-refractivity contribution is 0.0669. The molecule has 4 rings (SSSR count). The van der Waals surface area contributed by atoms with Crippen molar-refractivity contribution >= 4 is 39.2 Å². The third-order valence-electron chi connectivity index (χ3n) is 4.57. The zero-order valence-corrected chi connectivity index (χ0v) is 15.5. The highest BCUT2D eigenvalue weighted by Crippen LogP contribution is 2.31. The fourth-order valence-corrected chi connectivity index (χ4v) is 3.97. The first-order chi connectivity index (χ1) is 13.0. The van der Waals surface area contributed by atoms with Crippen LogP contribution in [0.3, 0.4) is 0 Å². The fraction of sp³-hybridized carbons (Fsp3) is 0.278. The molecule has 1 aliphatic heterocycles. The van der Waals surface area contributed by atoms with Crippen molar-refractivity contribution in [1.82, 2.24) is 20.0 Å². The van der Waals surface area contributed by atoms with E-state index in [4.69, 9.17) is 0 Å². The number of piperazine rings is 1. The third-order valence-corrected chi connectivity index (χ3v) is 5.70. The van der Waals surface area contributed by atoms with Gasteiger partial charge in [0.05, 0.1) is 15.1 Å². The van der Waals surface area contributed by atoms with Gasteiger partial charge in [-0.1, -0.05) is 0 Å². The highest BCUT2D eigenvalue weighted by atomic mass is 32.1. The van der Waals surface area contributed by atoms with E-state index in [0.29, 0.717) is 39.6 Å². The predicted molar refractivity (Wildman–Crippen MR) is 102 cm³/mol. The number of thiophene rings is 1. The second kappa shape index (κ2) is 7.09. The summed E-state index contributed by atoms with van der Waals surface area (Å²) in [4.78, 5) is 29.7. The van der Waals surface area contributed by atoms with E-state index >= 15 is 0 Å². The highest BCUT2D eigenvalue weighted by Gasteiger charge is 2.23. The van der Waals surface area contributed by atoms with E-state index in [2.05, 4.69) is 20.4 Å². The Kier molecular flexibility index (Phi) is 4.63. The standard InChI is InChI=1S/C18H18FN5O2S/c1-23-6-8-24(9-7-23)18(26)14-10-13-15(27-14)16(22-21-13)20-17(25)11-2-4-12(19)5-3-11/h2-5,10H,6-9H2,1H3,(H2,20,21,22,25). The highest BCUT2D eigenvalue weighted by molar-refractivity contribution is 7.21. The average Bonchev–Trinajstić information content (AvgIpc) is 3.24. The van der Waals surface area contributed by atoms with E-state index in [1.807, 2.05) is 11.9 Å². The van der Waals surface area contributed by atoms with Gasteiger partial charge in [-0.2, -0.15) is 5.10 Å². The molecule has 2 N–H and O–H groups in total. The number of fused-ring (bicyclic) bond motifs is 1. The largest absolute Gasteiger partial charge is 0.335 e. The van der Waals surface area contributed by atoms with Crippen molar-refractivity contribution in [3.05, 3.63) is 46.6 Å². The lowest BCUT2D eigenvalue weighted by Crippen LogP contribution is -2.46. The van der Waals surface area contributed by atoms with E-state index in [1.165, 1.54) is 35.6 Å². The van der Waals surface area contributed by atoms with Crippen molar-refractivity contribution in [1.29, 1.82) is 0 Å². The molecule has 1 aromatic carbocycles. The van der Waals surface area contributed by atoms with E-state index in [0.717, 1.165) is 13.1 Å². The van der Waals surface area contributed by atoms with Crippen LogP contribution in [0.2, 0.25) is 0 Å². The Balaban J connectivity index is 1.52. The Hall–Kier alpha value is -2.78. The normalized spacial score (nSPS) is 15.3. The smallest absolute Gasteiger partial charge is 0.264 e. The molecule has 0 aliphatic carbocycles. The number of aromatic amines is 1. The van der Waals surface area contributed by atoms with Crippen molar-refractivity contribution in [3.8, 4) is 0 Å². The number of nitrogens with zero attached hydrogens (tertiary/aromatic N) is 3. The van der Waals surface area contributed by atoms with E-state index in [-0.39, 0.29) is 11.8 Å². The molecule has 9 heteroatoms. The summed E-state index contributed by atoms with van der Waals surface area (Å²) in [5, 5.41) is 9.67. The van der Waals surface area contributed by atoms with Crippen LogP contribution < -0.4 is 5.32 Å². The molecule has 1 aliphatic rings. The molecule has 0 atom stereocenters. The molecule has 0 spiro atoms. The molecule has 3 heterocycles. The Bertz CT molecular complexity index is 989. The number of rotatable bonds is 3. The number of carbonyl (C=O) groups is 2. The minimum absolute atomic E-state index is 0.00601. The summed E-state index contributed by atoms with van der Waals surface area (Å²) in [5.41, 5.74) is 1.03. The lowest BCUT2D eigenvalue weighted by atomic mass is 10.2. The molecular formula is C18H18FN5O2S. The monoisotopic (exact) mass is 387 g/mol. The maximum Gasteiger partial charge on any atom is 0.264 e. The van der Waals surface area contributed by atoms with Gasteiger partial charge in [-0.15, -0.1) is 11.3 Å². The Morgan fingerprint density at radius 2 is 1.89 bits per heavy atom. The molecule has 27 heavy (non-hydrogen) atoms. The first-order valence-corrected chi connectivity index (χ1v) is 9.35.